The maximum absolute atomic E-state index is 14.8. The molecule has 12 heteroatoms. The van der Waals surface area contributed by atoms with E-state index in [2.05, 4.69) is 15.0 Å². The standard InChI is InChI=1S/C19H13F4N5O3/c20-12-5-9(16(24)27-17(29)19(21,22)23)1-3-11(12)15-7-31-18(30)28(15)10-2-4-13-14(6-10)26-8-25-13/h1-6,8,15H,7H2,(H,25,26)(H2,24,27,29). The Bertz CT molecular complexity index is 1220. The summed E-state index contributed by atoms with van der Waals surface area (Å²) in [4.78, 5) is 34.3. The van der Waals surface area contributed by atoms with Crippen LogP contribution in [0, 0.1) is 5.82 Å². The molecule has 8 nitrogen and oxygen atoms in total. The minimum absolute atomic E-state index is 0.0502. The van der Waals surface area contributed by atoms with Crippen LogP contribution < -0.4 is 10.6 Å². The Morgan fingerprint density at radius 2 is 2.03 bits per heavy atom. The number of imidazole rings is 1. The fraction of sp³-hybridized carbons (Fsp3) is 0.158. The van der Waals surface area contributed by atoms with Crippen LogP contribution in [0.1, 0.15) is 17.2 Å². The summed E-state index contributed by atoms with van der Waals surface area (Å²) < 4.78 is 56.9. The van der Waals surface area contributed by atoms with Crippen molar-refractivity contribution in [2.45, 2.75) is 12.2 Å². The number of hydrogen-bond donors (Lipinski definition) is 2. The van der Waals surface area contributed by atoms with Crippen LogP contribution in [0.25, 0.3) is 11.0 Å². The third-order valence-electron chi connectivity index (χ3n) is 4.67. The number of aromatic amines is 1. The van der Waals surface area contributed by atoms with E-state index in [0.717, 1.165) is 6.07 Å². The fourth-order valence-electron chi connectivity index (χ4n) is 3.20. The van der Waals surface area contributed by atoms with Gasteiger partial charge in [0, 0.05) is 11.1 Å². The molecular formula is C19H13F4N5O3. The molecule has 1 aromatic heterocycles. The van der Waals surface area contributed by atoms with Crippen molar-refractivity contribution in [2.24, 2.45) is 10.7 Å². The van der Waals surface area contributed by atoms with Gasteiger partial charge in [-0.15, -0.1) is 0 Å². The van der Waals surface area contributed by atoms with E-state index in [9.17, 15) is 27.2 Å². The van der Waals surface area contributed by atoms with Gasteiger partial charge >= 0.3 is 18.2 Å². The number of amidine groups is 1. The van der Waals surface area contributed by atoms with Crippen LogP contribution in [0.2, 0.25) is 0 Å². The number of nitrogens with one attached hydrogen (secondary N) is 1. The van der Waals surface area contributed by atoms with Gasteiger partial charge in [-0.1, -0.05) is 12.1 Å². The molecule has 4 rings (SSSR count). The van der Waals surface area contributed by atoms with E-state index in [4.69, 9.17) is 10.5 Å². The van der Waals surface area contributed by atoms with Gasteiger partial charge in [0.15, 0.2) is 0 Å². The second-order valence-electron chi connectivity index (χ2n) is 6.60. The Hall–Kier alpha value is -3.96. The molecule has 2 amide bonds. The summed E-state index contributed by atoms with van der Waals surface area (Å²) in [5.74, 6) is -4.04. The number of alkyl halides is 3. The van der Waals surface area contributed by atoms with Gasteiger partial charge in [0.2, 0.25) is 0 Å². The number of nitrogens with zero attached hydrogens (tertiary/aromatic N) is 3. The highest BCUT2D eigenvalue weighted by molar-refractivity contribution is 6.05. The van der Waals surface area contributed by atoms with Gasteiger partial charge in [0.1, 0.15) is 24.3 Å². The molecule has 1 aliphatic heterocycles. The second-order valence-corrected chi connectivity index (χ2v) is 6.60. The largest absolute Gasteiger partial charge is 0.473 e. The molecule has 1 saturated heterocycles. The van der Waals surface area contributed by atoms with Crippen molar-refractivity contribution in [3.8, 4) is 0 Å². The number of rotatable bonds is 3. The summed E-state index contributed by atoms with van der Waals surface area (Å²) in [5.41, 5.74) is 7.01. The van der Waals surface area contributed by atoms with Crippen LogP contribution >= 0.6 is 0 Å². The summed E-state index contributed by atoms with van der Waals surface area (Å²) in [6.45, 7) is -0.147. The van der Waals surface area contributed by atoms with E-state index in [-0.39, 0.29) is 17.7 Å². The lowest BCUT2D eigenvalue weighted by atomic mass is 10.0. The average molecular weight is 435 g/mol. The molecule has 1 fully saturated rings. The summed E-state index contributed by atoms with van der Waals surface area (Å²) in [6, 6.07) is 7.43. The molecule has 31 heavy (non-hydrogen) atoms. The number of aromatic nitrogens is 2. The van der Waals surface area contributed by atoms with Crippen LogP contribution in [0.5, 0.6) is 0 Å². The SMILES string of the molecule is NC(=NC(=O)C(F)(F)F)c1ccc(C2COC(=O)N2c2ccc3nc[nH]c3c2)c(F)c1. The Morgan fingerprint density at radius 3 is 2.74 bits per heavy atom. The van der Waals surface area contributed by atoms with Crippen molar-refractivity contribution in [2.75, 3.05) is 11.5 Å². The first-order chi connectivity index (χ1) is 14.6. The van der Waals surface area contributed by atoms with Gasteiger partial charge in [-0.2, -0.15) is 18.2 Å². The topological polar surface area (TPSA) is 114 Å². The van der Waals surface area contributed by atoms with E-state index < -0.39 is 35.9 Å². The molecule has 3 aromatic rings. The molecule has 3 N–H and O–H groups in total. The van der Waals surface area contributed by atoms with Crippen molar-refractivity contribution >= 4 is 34.6 Å². The molecule has 0 bridgehead atoms. The number of anilines is 1. The molecule has 2 heterocycles. The number of cyclic esters (lactones) is 1. The molecule has 1 unspecified atom stereocenters. The summed E-state index contributed by atoms with van der Waals surface area (Å²) in [5, 5.41) is 0. The predicted octanol–water partition coefficient (Wildman–Crippen LogP) is 3.19. The van der Waals surface area contributed by atoms with Crippen LogP contribution in [-0.4, -0.2) is 40.6 Å². The van der Waals surface area contributed by atoms with Crippen molar-refractivity contribution in [1.82, 2.24) is 9.97 Å². The number of ether oxygens (including phenoxy) is 1. The van der Waals surface area contributed by atoms with Crippen molar-refractivity contribution in [3.05, 3.63) is 59.7 Å². The van der Waals surface area contributed by atoms with E-state index in [1.807, 2.05) is 0 Å². The lowest BCUT2D eigenvalue weighted by Gasteiger charge is -2.22. The highest BCUT2D eigenvalue weighted by Crippen LogP contribution is 2.35. The molecule has 0 aliphatic carbocycles. The quantitative estimate of drug-likeness (QED) is 0.373. The van der Waals surface area contributed by atoms with Crippen molar-refractivity contribution in [3.63, 3.8) is 0 Å². The Labute approximate surface area is 171 Å². The lowest BCUT2D eigenvalue weighted by molar-refractivity contribution is -0.169. The molecule has 160 valence electrons. The molecule has 1 atom stereocenters. The van der Waals surface area contributed by atoms with Crippen LogP contribution in [0.4, 0.5) is 28.0 Å². The number of hydrogen-bond acceptors (Lipinski definition) is 4. The Balaban J connectivity index is 1.66. The van der Waals surface area contributed by atoms with E-state index in [0.29, 0.717) is 16.7 Å². The molecule has 0 spiro atoms. The average Bonchev–Trinajstić information content (AvgIpc) is 3.32. The van der Waals surface area contributed by atoms with Gasteiger partial charge < -0.3 is 15.5 Å². The highest BCUT2D eigenvalue weighted by Gasteiger charge is 2.39. The van der Waals surface area contributed by atoms with E-state index >= 15 is 0 Å². The zero-order valence-electron chi connectivity index (χ0n) is 15.5. The second kappa shape index (κ2) is 7.38. The van der Waals surface area contributed by atoms with Crippen LogP contribution in [-0.2, 0) is 9.53 Å². The first-order valence-electron chi connectivity index (χ1n) is 8.79. The minimum atomic E-state index is -5.19. The molecule has 0 saturated carbocycles. The third-order valence-corrected chi connectivity index (χ3v) is 4.67. The Kier molecular flexibility index (Phi) is 4.84. The van der Waals surface area contributed by atoms with Crippen molar-refractivity contribution in [1.29, 1.82) is 0 Å². The first kappa shape index (κ1) is 20.3. The minimum Gasteiger partial charge on any atom is -0.447 e. The Morgan fingerprint density at radius 1 is 1.26 bits per heavy atom. The number of fused-ring (bicyclic) bond motifs is 1. The lowest BCUT2D eigenvalue weighted by Crippen LogP contribution is -2.28. The molecular weight excluding hydrogens is 422 g/mol. The van der Waals surface area contributed by atoms with Crippen LogP contribution in [0.3, 0.4) is 0 Å². The zero-order chi connectivity index (χ0) is 22.3. The van der Waals surface area contributed by atoms with Crippen LogP contribution in [0.15, 0.2) is 47.7 Å². The van der Waals surface area contributed by atoms with Gasteiger partial charge in [-0.25, -0.2) is 14.2 Å². The summed E-state index contributed by atoms with van der Waals surface area (Å²) in [7, 11) is 0. The summed E-state index contributed by atoms with van der Waals surface area (Å²) in [6.07, 6.45) is -4.40. The smallest absolute Gasteiger partial charge is 0.447 e. The van der Waals surface area contributed by atoms with Gasteiger partial charge in [-0.3, -0.25) is 9.69 Å². The summed E-state index contributed by atoms with van der Waals surface area (Å²) >= 11 is 0. The highest BCUT2D eigenvalue weighted by atomic mass is 19.4. The monoisotopic (exact) mass is 435 g/mol. The van der Waals surface area contributed by atoms with Crippen molar-refractivity contribution < 1.29 is 31.9 Å². The number of carbonyl (C=O) groups excluding carboxylic acids is 2. The fourth-order valence-corrected chi connectivity index (χ4v) is 3.20. The number of nitrogens with two attached hydrogens (primary N) is 1. The molecule has 0 radical (unpaired) electrons. The van der Waals surface area contributed by atoms with E-state index in [1.165, 1.54) is 23.4 Å². The van der Waals surface area contributed by atoms with Gasteiger partial charge in [0.05, 0.1) is 23.0 Å². The maximum atomic E-state index is 14.8. The molecule has 1 aliphatic rings. The van der Waals surface area contributed by atoms with Gasteiger partial charge in [-0.05, 0) is 24.3 Å². The number of carbonyl (C=O) groups is 2. The third kappa shape index (κ3) is 3.79. The van der Waals surface area contributed by atoms with Gasteiger partial charge in [0.25, 0.3) is 0 Å². The normalized spacial score (nSPS) is 17.3. The number of H-pyrrole nitrogens is 1. The number of halogens is 4. The number of benzene rings is 2. The number of aliphatic imine (C=N–C) groups is 1. The maximum Gasteiger partial charge on any atom is 0.473 e. The van der Waals surface area contributed by atoms with E-state index in [1.54, 1.807) is 18.2 Å². The predicted molar refractivity (Wildman–Crippen MR) is 101 cm³/mol. The first-order valence-corrected chi connectivity index (χ1v) is 8.79. The number of amides is 2. The molecule has 2 aromatic carbocycles. The zero-order valence-corrected chi connectivity index (χ0v) is 15.5.